The normalized spacial score (nSPS) is 13.4. The molecule has 1 unspecified atom stereocenters. The van der Waals surface area contributed by atoms with Crippen LogP contribution in [0.25, 0.3) is 0 Å². The van der Waals surface area contributed by atoms with Crippen LogP contribution in [-0.4, -0.2) is 17.6 Å². The van der Waals surface area contributed by atoms with Gasteiger partial charge in [0.2, 0.25) is 0 Å². The lowest BCUT2D eigenvalue weighted by atomic mass is 9.76. The lowest BCUT2D eigenvalue weighted by Crippen LogP contribution is -2.37. The molecule has 1 aromatic heterocycles. The molecule has 0 bridgehead atoms. The summed E-state index contributed by atoms with van der Waals surface area (Å²) in [5.74, 6) is -0.264. The van der Waals surface area contributed by atoms with Gasteiger partial charge in [0.05, 0.1) is 12.0 Å². The monoisotopic (exact) mass is 284 g/mol. The molecule has 0 spiro atoms. The third-order valence-corrected chi connectivity index (χ3v) is 3.59. The molecule has 2 N–H and O–H groups in total. The molecule has 0 aliphatic carbocycles. The van der Waals surface area contributed by atoms with Crippen LogP contribution in [0.1, 0.15) is 25.0 Å². The number of nitrogens with zero attached hydrogens (tertiary/aromatic N) is 1. The molecule has 0 saturated carbocycles. The van der Waals surface area contributed by atoms with Crippen molar-refractivity contribution in [3.05, 3.63) is 59.9 Å². The molecule has 0 aliphatic heterocycles. The molecule has 110 valence electrons. The van der Waals surface area contributed by atoms with Crippen molar-refractivity contribution in [1.29, 1.82) is 0 Å². The Kier molecular flexibility index (Phi) is 4.58. The van der Waals surface area contributed by atoms with E-state index in [-0.39, 0.29) is 5.97 Å². The van der Waals surface area contributed by atoms with Gasteiger partial charge >= 0.3 is 5.97 Å². The van der Waals surface area contributed by atoms with Crippen LogP contribution >= 0.6 is 0 Å². The van der Waals surface area contributed by atoms with Crippen molar-refractivity contribution in [2.45, 2.75) is 25.7 Å². The average Bonchev–Trinajstić information content (AvgIpc) is 2.48. The molecule has 4 nitrogen and oxygen atoms in total. The highest BCUT2D eigenvalue weighted by Gasteiger charge is 2.38. The Morgan fingerprint density at radius 1 is 1.24 bits per heavy atom. The molecule has 1 aromatic carbocycles. The quantitative estimate of drug-likeness (QED) is 0.677. The first-order chi connectivity index (χ1) is 10.1. The third kappa shape index (κ3) is 3.21. The second-order valence-electron chi connectivity index (χ2n) is 5.17. The Balaban J connectivity index is 2.44. The summed E-state index contributed by atoms with van der Waals surface area (Å²) in [6, 6.07) is 11.2. The van der Waals surface area contributed by atoms with E-state index < -0.39 is 5.41 Å². The van der Waals surface area contributed by atoms with Crippen LogP contribution in [0, 0.1) is 0 Å². The van der Waals surface area contributed by atoms with Crippen molar-refractivity contribution in [2.75, 3.05) is 12.3 Å². The number of rotatable bonds is 5. The van der Waals surface area contributed by atoms with Gasteiger partial charge in [-0.3, -0.25) is 9.78 Å². The molecule has 2 aromatic rings. The number of nitrogens with two attached hydrogens (primary N) is 1. The molecular weight excluding hydrogens is 264 g/mol. The second kappa shape index (κ2) is 6.39. The number of hydrogen-bond acceptors (Lipinski definition) is 4. The number of ether oxygens (including phenoxy) is 1. The Hall–Kier alpha value is -2.36. The molecule has 2 rings (SSSR count). The zero-order valence-corrected chi connectivity index (χ0v) is 12.4. The first-order valence-corrected chi connectivity index (χ1v) is 6.99. The fraction of sp³-hybridized carbons (Fsp3) is 0.294. The van der Waals surface area contributed by atoms with Crippen LogP contribution in [0.5, 0.6) is 0 Å². The summed E-state index contributed by atoms with van der Waals surface area (Å²) in [4.78, 5) is 16.5. The smallest absolute Gasteiger partial charge is 0.316 e. The number of benzene rings is 1. The van der Waals surface area contributed by atoms with E-state index in [0.29, 0.717) is 18.7 Å². The van der Waals surface area contributed by atoms with Crippen LogP contribution in [0.4, 0.5) is 5.69 Å². The van der Waals surface area contributed by atoms with Gasteiger partial charge in [0, 0.05) is 18.1 Å². The van der Waals surface area contributed by atoms with Crippen LogP contribution in [0.2, 0.25) is 0 Å². The lowest BCUT2D eigenvalue weighted by molar-refractivity contribution is -0.149. The van der Waals surface area contributed by atoms with Crippen LogP contribution in [0.3, 0.4) is 0 Å². The fourth-order valence-corrected chi connectivity index (χ4v) is 2.48. The first kappa shape index (κ1) is 15.0. The number of nitrogen functional groups attached to an aromatic ring is 1. The van der Waals surface area contributed by atoms with Crippen LogP contribution in [-0.2, 0) is 21.4 Å². The minimum Gasteiger partial charge on any atom is -0.465 e. The first-order valence-electron chi connectivity index (χ1n) is 6.99. The molecule has 0 saturated heterocycles. The highest BCUT2D eigenvalue weighted by Crippen LogP contribution is 2.33. The Bertz CT molecular complexity index is 613. The van der Waals surface area contributed by atoms with E-state index in [0.717, 1.165) is 11.1 Å². The van der Waals surface area contributed by atoms with E-state index in [1.165, 1.54) is 0 Å². The maximum Gasteiger partial charge on any atom is 0.316 e. The van der Waals surface area contributed by atoms with Gasteiger partial charge in [-0.25, -0.2) is 0 Å². The summed E-state index contributed by atoms with van der Waals surface area (Å²) >= 11 is 0. The molecule has 0 amide bonds. The van der Waals surface area contributed by atoms with Crippen LogP contribution in [0.15, 0.2) is 48.8 Å². The van der Waals surface area contributed by atoms with Gasteiger partial charge in [-0.2, -0.15) is 0 Å². The summed E-state index contributed by atoms with van der Waals surface area (Å²) in [6.45, 7) is 4.02. The van der Waals surface area contributed by atoms with Gasteiger partial charge in [0.1, 0.15) is 0 Å². The molecule has 1 atom stereocenters. The van der Waals surface area contributed by atoms with E-state index in [1.54, 1.807) is 25.4 Å². The van der Waals surface area contributed by atoms with Gasteiger partial charge in [-0.05, 0) is 49.6 Å². The van der Waals surface area contributed by atoms with Gasteiger partial charge in [-0.15, -0.1) is 0 Å². The van der Waals surface area contributed by atoms with E-state index >= 15 is 0 Å². The van der Waals surface area contributed by atoms with E-state index in [9.17, 15) is 4.79 Å². The van der Waals surface area contributed by atoms with Crippen molar-refractivity contribution >= 4 is 11.7 Å². The summed E-state index contributed by atoms with van der Waals surface area (Å²) < 4.78 is 5.28. The minimum absolute atomic E-state index is 0.264. The number of pyridine rings is 1. The number of esters is 1. The highest BCUT2D eigenvalue weighted by molar-refractivity contribution is 5.85. The van der Waals surface area contributed by atoms with Crippen LogP contribution < -0.4 is 5.73 Å². The number of carbonyl (C=O) groups is 1. The van der Waals surface area contributed by atoms with Gasteiger partial charge in [0.15, 0.2) is 0 Å². The van der Waals surface area contributed by atoms with Gasteiger partial charge in [-0.1, -0.05) is 18.2 Å². The maximum atomic E-state index is 12.5. The number of anilines is 1. The molecular formula is C17H20N2O2. The van der Waals surface area contributed by atoms with Crippen molar-refractivity contribution in [3.8, 4) is 0 Å². The molecule has 0 radical (unpaired) electrons. The largest absolute Gasteiger partial charge is 0.465 e. The summed E-state index contributed by atoms with van der Waals surface area (Å²) in [6.07, 6.45) is 3.95. The van der Waals surface area contributed by atoms with Crippen molar-refractivity contribution in [3.63, 3.8) is 0 Å². The standard InChI is InChI=1S/C17H20N2O2/c1-3-21-16(20)17(2,12-13-8-10-19-11-9-13)14-6-4-5-7-15(14)18/h4-11H,3,12,18H2,1-2H3. The van der Waals surface area contributed by atoms with Crippen molar-refractivity contribution in [2.24, 2.45) is 0 Å². The van der Waals surface area contributed by atoms with E-state index in [1.807, 2.05) is 37.3 Å². The Morgan fingerprint density at radius 3 is 2.52 bits per heavy atom. The summed E-state index contributed by atoms with van der Waals surface area (Å²) in [5, 5.41) is 0. The van der Waals surface area contributed by atoms with E-state index in [2.05, 4.69) is 4.98 Å². The minimum atomic E-state index is -0.817. The Morgan fingerprint density at radius 2 is 1.90 bits per heavy atom. The second-order valence-corrected chi connectivity index (χ2v) is 5.17. The predicted octanol–water partition coefficient (Wildman–Crippen LogP) is 2.73. The predicted molar refractivity (Wildman–Crippen MR) is 82.8 cm³/mol. The molecule has 0 aliphatic rings. The third-order valence-electron chi connectivity index (χ3n) is 3.59. The van der Waals surface area contributed by atoms with Gasteiger partial charge in [0.25, 0.3) is 0 Å². The number of carbonyl (C=O) groups excluding carboxylic acids is 1. The maximum absolute atomic E-state index is 12.5. The highest BCUT2D eigenvalue weighted by atomic mass is 16.5. The lowest BCUT2D eigenvalue weighted by Gasteiger charge is -2.29. The topological polar surface area (TPSA) is 65.2 Å². The zero-order chi connectivity index (χ0) is 15.3. The average molecular weight is 284 g/mol. The van der Waals surface area contributed by atoms with Crippen molar-refractivity contribution < 1.29 is 9.53 Å². The zero-order valence-electron chi connectivity index (χ0n) is 12.4. The molecule has 4 heteroatoms. The number of hydrogen-bond donors (Lipinski definition) is 1. The Labute approximate surface area is 125 Å². The van der Waals surface area contributed by atoms with E-state index in [4.69, 9.17) is 10.5 Å². The molecule has 1 heterocycles. The van der Waals surface area contributed by atoms with Gasteiger partial charge < -0.3 is 10.5 Å². The fourth-order valence-electron chi connectivity index (χ4n) is 2.48. The molecule has 21 heavy (non-hydrogen) atoms. The van der Waals surface area contributed by atoms with Crippen molar-refractivity contribution in [1.82, 2.24) is 4.98 Å². The number of para-hydroxylation sites is 1. The SMILES string of the molecule is CCOC(=O)C(C)(Cc1ccncc1)c1ccccc1N. The number of aromatic nitrogens is 1. The summed E-state index contributed by atoms with van der Waals surface area (Å²) in [5.41, 5.74) is 7.67. The molecule has 0 fully saturated rings. The summed E-state index contributed by atoms with van der Waals surface area (Å²) in [7, 11) is 0.